The second-order valence-corrected chi connectivity index (χ2v) is 7.99. The number of aromatic nitrogens is 5. The molecule has 1 fully saturated rings. The molecule has 0 bridgehead atoms. The average molecular weight is 540 g/mol. The van der Waals surface area contributed by atoms with Crippen LogP contribution in [0.25, 0.3) is 0 Å². The second kappa shape index (κ2) is 11.0. The van der Waals surface area contributed by atoms with Crippen LogP contribution in [0.4, 0.5) is 32.2 Å². The molecule has 3 heterocycles. The summed E-state index contributed by atoms with van der Waals surface area (Å²) in [5.41, 5.74) is -3.73. The van der Waals surface area contributed by atoms with Gasteiger partial charge in [0.1, 0.15) is 34.7 Å². The number of aromatic amines is 1. The van der Waals surface area contributed by atoms with Crippen LogP contribution in [0.15, 0.2) is 35.4 Å². The van der Waals surface area contributed by atoms with Crippen molar-refractivity contribution < 1.29 is 26.3 Å². The molecule has 38 heavy (non-hydrogen) atoms. The van der Waals surface area contributed by atoms with Gasteiger partial charge in [-0.05, 0) is 30.5 Å². The largest absolute Gasteiger partial charge is 0.435 e. The molecule has 15 heteroatoms. The van der Waals surface area contributed by atoms with Gasteiger partial charge >= 0.3 is 12.4 Å². The fourth-order valence-electron chi connectivity index (χ4n) is 3.76. The minimum absolute atomic E-state index is 0.114. The molecule has 0 aromatic carbocycles. The molecule has 0 saturated heterocycles. The van der Waals surface area contributed by atoms with Gasteiger partial charge in [-0.2, -0.15) is 36.7 Å². The highest BCUT2D eigenvalue weighted by Crippen LogP contribution is 2.45. The molecule has 0 aliphatic heterocycles. The summed E-state index contributed by atoms with van der Waals surface area (Å²) in [5.74, 6) is -0.553. The molecule has 1 aliphatic carbocycles. The van der Waals surface area contributed by atoms with E-state index >= 15 is 0 Å². The minimum Gasteiger partial charge on any atom is -0.365 e. The lowest BCUT2D eigenvalue weighted by molar-refractivity contribution is -0.142. The molecular weight excluding hydrogens is 518 g/mol. The van der Waals surface area contributed by atoms with Gasteiger partial charge in [0.15, 0.2) is 5.69 Å². The number of H-pyrrole nitrogens is 1. The van der Waals surface area contributed by atoms with Gasteiger partial charge in [0.05, 0.1) is 6.04 Å². The fourth-order valence-corrected chi connectivity index (χ4v) is 3.76. The molecule has 3 N–H and O–H groups in total. The van der Waals surface area contributed by atoms with Crippen molar-refractivity contribution in [3.63, 3.8) is 0 Å². The molecule has 0 amide bonds. The number of nitrogens with zero attached hydrogens (tertiary/aromatic N) is 5. The number of nitriles is 1. The van der Waals surface area contributed by atoms with Crippen LogP contribution < -0.4 is 10.9 Å². The quantitative estimate of drug-likeness (QED) is 0.296. The Kier molecular flexibility index (Phi) is 8.23. The maximum atomic E-state index is 12.9. The lowest BCUT2D eigenvalue weighted by Crippen LogP contribution is -2.32. The standard InChI is InChI=1S/C21H16F6N8O.C2H6/c22-20(23,24)14-4-1-10(8-30-14)9-31-18-16(12(29)7-28)19(36)33-17(32-18)11-2-3-13(11)35-6-5-15(34-35)21(25,26)27;1-2/h1,4-6,8,11,13,29H,2-3,9H2,(H2,31,32,33,36);1-2H3. The van der Waals surface area contributed by atoms with Crippen molar-refractivity contribution in [3.05, 3.63) is 69.3 Å². The molecule has 1 saturated carbocycles. The van der Waals surface area contributed by atoms with Crippen molar-refractivity contribution in [1.82, 2.24) is 24.7 Å². The Morgan fingerprint density at radius 2 is 1.84 bits per heavy atom. The van der Waals surface area contributed by atoms with Crippen LogP contribution in [0.3, 0.4) is 0 Å². The molecule has 3 aromatic rings. The van der Waals surface area contributed by atoms with Gasteiger partial charge in [0.25, 0.3) is 5.56 Å². The van der Waals surface area contributed by atoms with Crippen molar-refractivity contribution >= 4 is 11.5 Å². The number of halogens is 6. The maximum absolute atomic E-state index is 12.9. The third-order valence-corrected chi connectivity index (χ3v) is 5.70. The highest BCUT2D eigenvalue weighted by atomic mass is 19.4. The zero-order chi connectivity index (χ0) is 28.3. The lowest BCUT2D eigenvalue weighted by Gasteiger charge is -2.36. The number of alkyl halides is 6. The lowest BCUT2D eigenvalue weighted by atomic mass is 9.79. The zero-order valence-electron chi connectivity index (χ0n) is 20.1. The van der Waals surface area contributed by atoms with Gasteiger partial charge in [-0.1, -0.05) is 19.9 Å². The van der Waals surface area contributed by atoms with Gasteiger partial charge in [-0.3, -0.25) is 19.9 Å². The summed E-state index contributed by atoms with van der Waals surface area (Å²) in [7, 11) is 0. The van der Waals surface area contributed by atoms with Crippen LogP contribution >= 0.6 is 0 Å². The van der Waals surface area contributed by atoms with E-state index in [9.17, 15) is 31.1 Å². The summed E-state index contributed by atoms with van der Waals surface area (Å²) in [6.07, 6.45) is -6.10. The molecule has 3 aromatic heterocycles. The fraction of sp³-hybridized carbons (Fsp3) is 0.391. The summed E-state index contributed by atoms with van der Waals surface area (Å²) in [6, 6.07) is 3.82. The molecule has 2 unspecified atom stereocenters. The zero-order valence-corrected chi connectivity index (χ0v) is 20.1. The van der Waals surface area contributed by atoms with Crippen LogP contribution in [-0.2, 0) is 18.9 Å². The molecule has 2 atom stereocenters. The Morgan fingerprint density at radius 1 is 1.16 bits per heavy atom. The topological polar surface area (TPSA) is 136 Å². The molecule has 202 valence electrons. The van der Waals surface area contributed by atoms with E-state index in [1.54, 1.807) is 0 Å². The van der Waals surface area contributed by atoms with Crippen LogP contribution in [0.5, 0.6) is 0 Å². The normalized spacial score (nSPS) is 17.0. The van der Waals surface area contributed by atoms with Crippen LogP contribution in [0.2, 0.25) is 0 Å². The van der Waals surface area contributed by atoms with E-state index in [0.717, 1.165) is 23.0 Å². The molecule has 0 spiro atoms. The minimum atomic E-state index is -4.61. The third kappa shape index (κ3) is 6.01. The highest BCUT2D eigenvalue weighted by Gasteiger charge is 2.39. The van der Waals surface area contributed by atoms with Crippen LogP contribution in [0, 0.1) is 16.7 Å². The van der Waals surface area contributed by atoms with E-state index in [1.807, 2.05) is 13.8 Å². The number of hydrogen-bond acceptors (Lipinski definition) is 7. The SMILES string of the molecule is CC.N#CC(=N)c1c(NCc2ccc(C(F)(F)F)nc2)nc(C2CCC2n2ccc(C(F)(F)F)n2)[nH]c1=O. The van der Waals surface area contributed by atoms with Crippen molar-refractivity contribution in [3.8, 4) is 6.07 Å². The maximum Gasteiger partial charge on any atom is 0.435 e. The van der Waals surface area contributed by atoms with Crippen molar-refractivity contribution in [1.29, 1.82) is 10.7 Å². The Balaban J connectivity index is 0.00000195. The van der Waals surface area contributed by atoms with Crippen LogP contribution in [-0.4, -0.2) is 30.4 Å². The Hall–Kier alpha value is -4.22. The van der Waals surface area contributed by atoms with Gasteiger partial charge in [0, 0.05) is 24.9 Å². The predicted octanol–water partition coefficient (Wildman–Crippen LogP) is 5.05. The first-order valence-electron chi connectivity index (χ1n) is 11.4. The molecule has 4 rings (SSSR count). The Morgan fingerprint density at radius 3 is 2.34 bits per heavy atom. The Bertz CT molecular complexity index is 1390. The van der Waals surface area contributed by atoms with Gasteiger partial charge < -0.3 is 10.3 Å². The highest BCUT2D eigenvalue weighted by molar-refractivity contribution is 6.12. The third-order valence-electron chi connectivity index (χ3n) is 5.70. The van der Waals surface area contributed by atoms with Crippen molar-refractivity contribution in [2.24, 2.45) is 0 Å². The Labute approximate surface area is 212 Å². The number of nitrogens with one attached hydrogen (secondary N) is 3. The summed E-state index contributed by atoms with van der Waals surface area (Å²) in [5, 5.41) is 23.2. The summed E-state index contributed by atoms with van der Waals surface area (Å²) >= 11 is 0. The number of anilines is 1. The predicted molar refractivity (Wildman–Crippen MR) is 123 cm³/mol. The molecule has 9 nitrogen and oxygen atoms in total. The van der Waals surface area contributed by atoms with E-state index < -0.39 is 47.0 Å². The first kappa shape index (κ1) is 28.4. The average Bonchev–Trinajstić information content (AvgIpc) is 3.32. The van der Waals surface area contributed by atoms with E-state index in [2.05, 4.69) is 25.4 Å². The molecule has 0 radical (unpaired) electrons. The van der Waals surface area contributed by atoms with E-state index in [-0.39, 0.29) is 23.8 Å². The number of rotatable bonds is 6. The number of hydrogen-bond donors (Lipinski definition) is 3. The smallest absolute Gasteiger partial charge is 0.365 e. The van der Waals surface area contributed by atoms with E-state index in [0.29, 0.717) is 18.4 Å². The second-order valence-electron chi connectivity index (χ2n) is 7.99. The van der Waals surface area contributed by atoms with E-state index in [4.69, 9.17) is 10.7 Å². The first-order chi connectivity index (χ1) is 17.9. The van der Waals surface area contributed by atoms with Gasteiger partial charge in [-0.15, -0.1) is 0 Å². The summed E-state index contributed by atoms with van der Waals surface area (Å²) in [6.45, 7) is 3.87. The molecular formula is C23H22F6N8O. The first-order valence-corrected chi connectivity index (χ1v) is 11.4. The van der Waals surface area contributed by atoms with Gasteiger partial charge in [0.2, 0.25) is 0 Å². The molecule has 1 aliphatic rings. The van der Waals surface area contributed by atoms with Crippen molar-refractivity contribution in [2.45, 2.75) is 57.5 Å². The summed E-state index contributed by atoms with van der Waals surface area (Å²) < 4.78 is 78.1. The van der Waals surface area contributed by atoms with Crippen LogP contribution in [0.1, 0.15) is 67.0 Å². The monoisotopic (exact) mass is 540 g/mol. The van der Waals surface area contributed by atoms with Gasteiger partial charge in [-0.25, -0.2) is 4.98 Å². The summed E-state index contributed by atoms with van der Waals surface area (Å²) in [4.78, 5) is 22.9. The van der Waals surface area contributed by atoms with E-state index in [1.165, 1.54) is 18.3 Å². The number of pyridine rings is 1. The van der Waals surface area contributed by atoms with Crippen molar-refractivity contribution in [2.75, 3.05) is 5.32 Å².